The van der Waals surface area contributed by atoms with E-state index in [4.69, 9.17) is 4.74 Å². The average Bonchev–Trinajstić information content (AvgIpc) is 3.10. The molecule has 2 aromatic carbocycles. The molecule has 2 heterocycles. The van der Waals surface area contributed by atoms with Gasteiger partial charge in [-0.25, -0.2) is 13.6 Å². The second-order valence-corrected chi connectivity index (χ2v) is 8.33. The summed E-state index contributed by atoms with van der Waals surface area (Å²) in [5.74, 6) is -3.03. The summed E-state index contributed by atoms with van der Waals surface area (Å²) in [5.41, 5.74) is 2.04. The van der Waals surface area contributed by atoms with Gasteiger partial charge in [0.25, 0.3) is 5.91 Å². The van der Waals surface area contributed by atoms with E-state index in [0.29, 0.717) is 29.6 Å². The number of thiophene rings is 1. The number of carbonyl (C=O) groups excluding carboxylic acids is 2. The highest BCUT2D eigenvalue weighted by molar-refractivity contribution is 7.17. The molecule has 0 aliphatic carbocycles. The van der Waals surface area contributed by atoms with Gasteiger partial charge in [-0.3, -0.25) is 9.69 Å². The van der Waals surface area contributed by atoms with Gasteiger partial charge >= 0.3 is 5.97 Å². The molecule has 0 saturated heterocycles. The minimum absolute atomic E-state index is 0. The third kappa shape index (κ3) is 4.98. The van der Waals surface area contributed by atoms with Crippen molar-refractivity contribution < 1.29 is 23.1 Å². The SMILES string of the molecule is COC(=O)c1c(NC(=O)c2ccc(F)cc2F)sc2c1CCN(Cc1ccccc1)C2.Cl. The van der Waals surface area contributed by atoms with Crippen LogP contribution < -0.4 is 5.32 Å². The number of carbonyl (C=O) groups is 2. The van der Waals surface area contributed by atoms with Gasteiger partial charge in [0.05, 0.1) is 18.2 Å². The third-order valence-electron chi connectivity index (χ3n) is 5.18. The zero-order chi connectivity index (χ0) is 22.0. The Balaban J connectivity index is 0.00000289. The van der Waals surface area contributed by atoms with Crippen molar-refractivity contribution >= 4 is 40.6 Å². The van der Waals surface area contributed by atoms with Gasteiger partial charge < -0.3 is 10.1 Å². The van der Waals surface area contributed by atoms with E-state index in [1.807, 2.05) is 18.2 Å². The van der Waals surface area contributed by atoms with Crippen molar-refractivity contribution in [1.29, 1.82) is 0 Å². The number of methoxy groups -OCH3 is 1. The van der Waals surface area contributed by atoms with Crippen molar-refractivity contribution in [2.45, 2.75) is 19.5 Å². The number of fused-ring (bicyclic) bond motifs is 1. The number of rotatable bonds is 5. The summed E-state index contributed by atoms with van der Waals surface area (Å²) in [4.78, 5) is 28.3. The van der Waals surface area contributed by atoms with E-state index in [0.717, 1.165) is 35.7 Å². The Kier molecular flexibility index (Phi) is 7.60. The predicted molar refractivity (Wildman–Crippen MR) is 121 cm³/mol. The van der Waals surface area contributed by atoms with Gasteiger partial charge in [0.15, 0.2) is 0 Å². The number of amides is 1. The largest absolute Gasteiger partial charge is 0.465 e. The van der Waals surface area contributed by atoms with Gasteiger partial charge in [0, 0.05) is 30.6 Å². The number of anilines is 1. The molecule has 1 amide bonds. The molecule has 0 bridgehead atoms. The zero-order valence-corrected chi connectivity index (χ0v) is 18.8. The van der Waals surface area contributed by atoms with E-state index in [9.17, 15) is 18.4 Å². The molecule has 1 aromatic heterocycles. The monoisotopic (exact) mass is 478 g/mol. The molecule has 1 aliphatic heterocycles. The smallest absolute Gasteiger partial charge is 0.341 e. The Morgan fingerprint density at radius 3 is 2.59 bits per heavy atom. The summed E-state index contributed by atoms with van der Waals surface area (Å²) < 4.78 is 32.1. The number of ether oxygens (including phenoxy) is 1. The lowest BCUT2D eigenvalue weighted by molar-refractivity contribution is 0.0600. The standard InChI is InChI=1S/C23H20F2N2O3S.ClH/c1-30-23(29)20-17-9-10-27(12-14-5-3-2-4-6-14)13-19(17)31-22(20)26-21(28)16-8-7-15(24)11-18(16)25;/h2-8,11H,9-10,12-13H2,1H3,(H,26,28);1H. The van der Waals surface area contributed by atoms with Crippen LogP contribution in [0.15, 0.2) is 48.5 Å². The van der Waals surface area contributed by atoms with Crippen LogP contribution in [0, 0.1) is 11.6 Å². The highest BCUT2D eigenvalue weighted by atomic mass is 35.5. The number of nitrogens with one attached hydrogen (secondary N) is 1. The Bertz CT molecular complexity index is 1140. The van der Waals surface area contributed by atoms with E-state index in [1.54, 1.807) is 0 Å². The Hall–Kier alpha value is -2.81. The topological polar surface area (TPSA) is 58.6 Å². The van der Waals surface area contributed by atoms with Gasteiger partial charge in [0.2, 0.25) is 0 Å². The van der Waals surface area contributed by atoms with Crippen LogP contribution in [-0.2, 0) is 24.2 Å². The summed E-state index contributed by atoms with van der Waals surface area (Å²) >= 11 is 1.28. The number of esters is 1. The number of hydrogen-bond acceptors (Lipinski definition) is 5. The van der Waals surface area contributed by atoms with Crippen molar-refractivity contribution in [3.63, 3.8) is 0 Å². The van der Waals surface area contributed by atoms with Gasteiger partial charge in [-0.15, -0.1) is 23.7 Å². The first-order valence-electron chi connectivity index (χ1n) is 9.71. The molecule has 0 fully saturated rings. The lowest BCUT2D eigenvalue weighted by Gasteiger charge is -2.27. The van der Waals surface area contributed by atoms with E-state index in [1.165, 1.54) is 24.0 Å². The average molecular weight is 479 g/mol. The number of benzene rings is 2. The highest BCUT2D eigenvalue weighted by Gasteiger charge is 2.29. The van der Waals surface area contributed by atoms with Crippen molar-refractivity contribution in [3.05, 3.63) is 87.3 Å². The predicted octanol–water partition coefficient (Wildman–Crippen LogP) is 5.05. The van der Waals surface area contributed by atoms with E-state index >= 15 is 0 Å². The Morgan fingerprint density at radius 2 is 1.91 bits per heavy atom. The molecular formula is C23H21ClF2N2O3S. The first-order chi connectivity index (χ1) is 15.0. The summed E-state index contributed by atoms with van der Waals surface area (Å²) in [6.45, 7) is 2.15. The molecule has 5 nitrogen and oxygen atoms in total. The third-order valence-corrected chi connectivity index (χ3v) is 6.31. The first-order valence-corrected chi connectivity index (χ1v) is 10.5. The fourth-order valence-electron chi connectivity index (χ4n) is 3.68. The van der Waals surface area contributed by atoms with E-state index < -0.39 is 23.5 Å². The second kappa shape index (κ2) is 10.2. The van der Waals surface area contributed by atoms with Crippen LogP contribution in [0.1, 0.15) is 36.7 Å². The van der Waals surface area contributed by atoms with Crippen LogP contribution in [0.25, 0.3) is 0 Å². The maximum Gasteiger partial charge on any atom is 0.341 e. The first kappa shape index (κ1) is 23.8. The Morgan fingerprint density at radius 1 is 1.16 bits per heavy atom. The van der Waals surface area contributed by atoms with Crippen LogP contribution in [0.4, 0.5) is 13.8 Å². The molecule has 0 spiro atoms. The maximum atomic E-state index is 14.0. The molecule has 0 radical (unpaired) electrons. The van der Waals surface area contributed by atoms with Gasteiger partial charge in [-0.2, -0.15) is 0 Å². The molecule has 0 saturated carbocycles. The number of nitrogens with zero attached hydrogens (tertiary/aromatic N) is 1. The quantitative estimate of drug-likeness (QED) is 0.522. The minimum Gasteiger partial charge on any atom is -0.465 e. The molecule has 0 unspecified atom stereocenters. The molecule has 168 valence electrons. The van der Waals surface area contributed by atoms with Crippen LogP contribution in [-0.4, -0.2) is 30.4 Å². The lowest BCUT2D eigenvalue weighted by Crippen LogP contribution is -2.29. The molecule has 1 N–H and O–H groups in total. The van der Waals surface area contributed by atoms with Gasteiger partial charge in [-0.05, 0) is 29.7 Å². The fourth-order valence-corrected chi connectivity index (χ4v) is 4.96. The van der Waals surface area contributed by atoms with Gasteiger partial charge in [-0.1, -0.05) is 30.3 Å². The molecule has 1 aliphatic rings. The van der Waals surface area contributed by atoms with Crippen LogP contribution in [0.5, 0.6) is 0 Å². The molecule has 32 heavy (non-hydrogen) atoms. The summed E-state index contributed by atoms with van der Waals surface area (Å²) in [6.07, 6.45) is 0.629. The van der Waals surface area contributed by atoms with Gasteiger partial charge in [0.1, 0.15) is 16.6 Å². The summed E-state index contributed by atoms with van der Waals surface area (Å²) in [6, 6.07) is 12.8. The lowest BCUT2D eigenvalue weighted by atomic mass is 10.0. The van der Waals surface area contributed by atoms with Crippen LogP contribution in [0.3, 0.4) is 0 Å². The van der Waals surface area contributed by atoms with Crippen molar-refractivity contribution in [2.24, 2.45) is 0 Å². The molecule has 4 rings (SSSR count). The highest BCUT2D eigenvalue weighted by Crippen LogP contribution is 2.38. The van der Waals surface area contributed by atoms with Crippen LogP contribution in [0.2, 0.25) is 0 Å². The van der Waals surface area contributed by atoms with E-state index in [-0.39, 0.29) is 18.0 Å². The summed E-state index contributed by atoms with van der Waals surface area (Å²) in [5, 5.41) is 2.93. The van der Waals surface area contributed by atoms with Crippen molar-refractivity contribution in [2.75, 3.05) is 19.0 Å². The van der Waals surface area contributed by atoms with Crippen molar-refractivity contribution in [1.82, 2.24) is 4.90 Å². The molecule has 9 heteroatoms. The number of hydrogen-bond donors (Lipinski definition) is 1. The van der Waals surface area contributed by atoms with Crippen LogP contribution >= 0.6 is 23.7 Å². The van der Waals surface area contributed by atoms with E-state index in [2.05, 4.69) is 22.3 Å². The molecular weight excluding hydrogens is 458 g/mol. The normalized spacial score (nSPS) is 13.1. The maximum absolute atomic E-state index is 14.0. The molecule has 3 aromatic rings. The zero-order valence-electron chi connectivity index (χ0n) is 17.2. The minimum atomic E-state index is -0.965. The second-order valence-electron chi connectivity index (χ2n) is 7.22. The Labute approximate surface area is 194 Å². The molecule has 0 atom stereocenters. The fraction of sp³-hybridized carbons (Fsp3) is 0.217. The summed E-state index contributed by atoms with van der Waals surface area (Å²) in [7, 11) is 1.28. The number of halogens is 3. The van der Waals surface area contributed by atoms with Crippen molar-refractivity contribution in [3.8, 4) is 0 Å².